The lowest BCUT2D eigenvalue weighted by Gasteiger charge is -2.22. The van der Waals surface area contributed by atoms with Crippen molar-refractivity contribution in [2.24, 2.45) is 0 Å². The number of benzene rings is 1. The fourth-order valence-corrected chi connectivity index (χ4v) is 2.21. The summed E-state index contributed by atoms with van der Waals surface area (Å²) in [7, 11) is 0. The van der Waals surface area contributed by atoms with Crippen molar-refractivity contribution >= 4 is 11.6 Å². The number of rotatable bonds is 7. The van der Waals surface area contributed by atoms with Crippen LogP contribution in [-0.4, -0.2) is 48.3 Å². The highest BCUT2D eigenvalue weighted by Crippen LogP contribution is 2.17. The highest BCUT2D eigenvalue weighted by Gasteiger charge is 2.31. The summed E-state index contributed by atoms with van der Waals surface area (Å²) in [5.41, 5.74) is 2.49. The topological polar surface area (TPSA) is 52.6 Å². The molecular formula is C15H21F3N2O2. The van der Waals surface area contributed by atoms with E-state index in [1.54, 1.807) is 12.1 Å². The largest absolute Gasteiger partial charge is 0.401 e. The summed E-state index contributed by atoms with van der Waals surface area (Å²) >= 11 is 0. The molecule has 0 aromatic heterocycles. The van der Waals surface area contributed by atoms with Gasteiger partial charge in [0.05, 0.1) is 13.1 Å². The molecule has 0 atom stereocenters. The van der Waals surface area contributed by atoms with Gasteiger partial charge in [0.15, 0.2) is 0 Å². The van der Waals surface area contributed by atoms with E-state index in [0.29, 0.717) is 5.69 Å². The summed E-state index contributed by atoms with van der Waals surface area (Å²) in [6.45, 7) is 2.00. The number of carbonyl (C=O) groups excluding carboxylic acids is 1. The molecule has 0 spiro atoms. The lowest BCUT2D eigenvalue weighted by Crippen LogP contribution is -2.40. The molecule has 1 amide bonds. The van der Waals surface area contributed by atoms with Crippen LogP contribution >= 0.6 is 0 Å². The van der Waals surface area contributed by atoms with Gasteiger partial charge in [0.25, 0.3) is 0 Å². The fourth-order valence-electron chi connectivity index (χ4n) is 2.21. The van der Waals surface area contributed by atoms with Gasteiger partial charge in [0.1, 0.15) is 0 Å². The van der Waals surface area contributed by atoms with Crippen LogP contribution in [0.5, 0.6) is 0 Å². The Morgan fingerprint density at radius 2 is 1.82 bits per heavy atom. The van der Waals surface area contributed by atoms with Crippen LogP contribution < -0.4 is 5.32 Å². The van der Waals surface area contributed by atoms with E-state index in [1.807, 2.05) is 19.9 Å². The van der Waals surface area contributed by atoms with Gasteiger partial charge >= 0.3 is 6.18 Å². The van der Waals surface area contributed by atoms with Gasteiger partial charge in [-0.1, -0.05) is 6.07 Å². The number of nitrogens with zero attached hydrogens (tertiary/aromatic N) is 1. The molecule has 1 aromatic rings. The van der Waals surface area contributed by atoms with Crippen molar-refractivity contribution in [3.8, 4) is 0 Å². The third-order valence-electron chi connectivity index (χ3n) is 2.91. The quantitative estimate of drug-likeness (QED) is 0.812. The lowest BCUT2D eigenvalue weighted by molar-refractivity contribution is -0.148. The highest BCUT2D eigenvalue weighted by molar-refractivity contribution is 5.92. The maximum atomic E-state index is 12.5. The predicted molar refractivity (Wildman–Crippen MR) is 78.7 cm³/mol. The van der Waals surface area contributed by atoms with E-state index in [2.05, 4.69) is 5.32 Å². The molecule has 1 rings (SSSR count). The van der Waals surface area contributed by atoms with Crippen LogP contribution in [0, 0.1) is 13.8 Å². The minimum absolute atomic E-state index is 0.0102. The number of amides is 1. The van der Waals surface area contributed by atoms with Gasteiger partial charge in [0.2, 0.25) is 5.91 Å². The van der Waals surface area contributed by atoms with Crippen LogP contribution in [0.1, 0.15) is 17.5 Å². The Balaban J connectivity index is 2.65. The number of aryl methyl sites for hydroxylation is 2. The average molecular weight is 318 g/mol. The number of anilines is 1. The molecule has 124 valence electrons. The van der Waals surface area contributed by atoms with Crippen LogP contribution in [0.15, 0.2) is 18.2 Å². The first kappa shape index (κ1) is 18.4. The third-order valence-corrected chi connectivity index (χ3v) is 2.91. The molecule has 22 heavy (non-hydrogen) atoms. The molecule has 0 fully saturated rings. The average Bonchev–Trinajstić information content (AvgIpc) is 2.32. The number of alkyl halides is 3. The van der Waals surface area contributed by atoms with Crippen LogP contribution in [-0.2, 0) is 4.79 Å². The SMILES string of the molecule is Cc1cc(C)cc(NC(=O)CN(CCCO)CC(F)(F)F)c1. The maximum Gasteiger partial charge on any atom is 0.401 e. The molecule has 7 heteroatoms. The van der Waals surface area contributed by atoms with Crippen molar-refractivity contribution in [2.75, 3.05) is 31.6 Å². The van der Waals surface area contributed by atoms with E-state index in [1.165, 1.54) is 0 Å². The van der Waals surface area contributed by atoms with E-state index < -0.39 is 18.6 Å². The Labute approximate surface area is 127 Å². The second-order valence-electron chi connectivity index (χ2n) is 5.33. The lowest BCUT2D eigenvalue weighted by atomic mass is 10.1. The molecule has 0 aliphatic carbocycles. The van der Waals surface area contributed by atoms with Gasteiger partial charge in [-0.25, -0.2) is 0 Å². The van der Waals surface area contributed by atoms with Crippen LogP contribution in [0.2, 0.25) is 0 Å². The van der Waals surface area contributed by atoms with Crippen molar-refractivity contribution in [1.29, 1.82) is 0 Å². The normalized spacial score (nSPS) is 11.8. The minimum atomic E-state index is -4.38. The van der Waals surface area contributed by atoms with Crippen molar-refractivity contribution in [2.45, 2.75) is 26.4 Å². The number of hydrogen-bond acceptors (Lipinski definition) is 3. The van der Waals surface area contributed by atoms with E-state index in [9.17, 15) is 18.0 Å². The van der Waals surface area contributed by atoms with Crippen molar-refractivity contribution in [3.05, 3.63) is 29.3 Å². The molecule has 0 aliphatic rings. The zero-order valence-electron chi connectivity index (χ0n) is 12.7. The molecule has 0 unspecified atom stereocenters. The number of nitrogens with one attached hydrogen (secondary N) is 1. The Morgan fingerprint density at radius 1 is 1.23 bits per heavy atom. The molecule has 0 bridgehead atoms. The van der Waals surface area contributed by atoms with E-state index in [4.69, 9.17) is 5.11 Å². The van der Waals surface area contributed by atoms with Gasteiger partial charge in [-0.05, 0) is 43.5 Å². The molecule has 4 nitrogen and oxygen atoms in total. The van der Waals surface area contributed by atoms with Crippen LogP contribution in [0.3, 0.4) is 0 Å². The maximum absolute atomic E-state index is 12.5. The number of halogens is 3. The zero-order valence-corrected chi connectivity index (χ0v) is 12.7. The van der Waals surface area contributed by atoms with Gasteiger partial charge in [0, 0.05) is 18.8 Å². The Morgan fingerprint density at radius 3 is 2.32 bits per heavy atom. The summed E-state index contributed by atoms with van der Waals surface area (Å²) < 4.78 is 37.4. The number of carbonyl (C=O) groups is 1. The summed E-state index contributed by atoms with van der Waals surface area (Å²) in [6.07, 6.45) is -4.19. The van der Waals surface area contributed by atoms with E-state index >= 15 is 0 Å². The standard InChI is InChI=1S/C15H21F3N2O2/c1-11-6-12(2)8-13(7-11)19-14(22)9-20(4-3-5-21)10-15(16,17)18/h6-8,21H,3-5,9-10H2,1-2H3,(H,19,22). The van der Waals surface area contributed by atoms with Crippen LogP contribution in [0.4, 0.5) is 18.9 Å². The minimum Gasteiger partial charge on any atom is -0.396 e. The Bertz CT molecular complexity index is 484. The van der Waals surface area contributed by atoms with Crippen LogP contribution in [0.25, 0.3) is 0 Å². The van der Waals surface area contributed by atoms with E-state index in [-0.39, 0.29) is 26.1 Å². The highest BCUT2D eigenvalue weighted by atomic mass is 19.4. The number of aliphatic hydroxyl groups excluding tert-OH is 1. The van der Waals surface area contributed by atoms with Gasteiger partial charge < -0.3 is 10.4 Å². The van der Waals surface area contributed by atoms with Gasteiger partial charge in [-0.2, -0.15) is 13.2 Å². The van der Waals surface area contributed by atoms with Crippen molar-refractivity contribution in [3.63, 3.8) is 0 Å². The Hall–Kier alpha value is -1.60. The number of aliphatic hydroxyl groups is 1. The fraction of sp³-hybridized carbons (Fsp3) is 0.533. The molecule has 0 radical (unpaired) electrons. The molecule has 2 N–H and O–H groups in total. The molecule has 0 saturated carbocycles. The van der Waals surface area contributed by atoms with Crippen molar-refractivity contribution < 1.29 is 23.1 Å². The monoisotopic (exact) mass is 318 g/mol. The summed E-state index contributed by atoms with van der Waals surface area (Å²) in [4.78, 5) is 12.9. The first-order valence-corrected chi connectivity index (χ1v) is 6.98. The smallest absolute Gasteiger partial charge is 0.396 e. The first-order valence-electron chi connectivity index (χ1n) is 6.98. The molecule has 0 saturated heterocycles. The zero-order chi connectivity index (χ0) is 16.8. The number of hydrogen-bond donors (Lipinski definition) is 2. The summed E-state index contributed by atoms with van der Waals surface area (Å²) in [5, 5.41) is 11.3. The molecule has 1 aromatic carbocycles. The van der Waals surface area contributed by atoms with Crippen molar-refractivity contribution in [1.82, 2.24) is 4.90 Å². The second kappa shape index (κ2) is 8.14. The van der Waals surface area contributed by atoms with E-state index in [0.717, 1.165) is 16.0 Å². The second-order valence-corrected chi connectivity index (χ2v) is 5.33. The summed E-state index contributed by atoms with van der Waals surface area (Å²) in [5.74, 6) is -0.507. The third kappa shape index (κ3) is 7.42. The summed E-state index contributed by atoms with van der Waals surface area (Å²) in [6, 6.07) is 5.45. The first-order chi connectivity index (χ1) is 10.2. The Kier molecular flexibility index (Phi) is 6.83. The molecular weight excluding hydrogens is 297 g/mol. The molecule has 0 heterocycles. The predicted octanol–water partition coefficient (Wildman–Crippen LogP) is 2.49. The van der Waals surface area contributed by atoms with Gasteiger partial charge in [-0.15, -0.1) is 0 Å². The molecule has 0 aliphatic heterocycles. The van der Waals surface area contributed by atoms with Gasteiger partial charge in [-0.3, -0.25) is 9.69 Å².